The Hall–Kier alpha value is -3.16. The minimum Gasteiger partial charge on any atom is -0.345 e. The van der Waals surface area contributed by atoms with Crippen molar-refractivity contribution in [2.45, 2.75) is 58.7 Å². The van der Waals surface area contributed by atoms with Crippen LogP contribution in [0.15, 0.2) is 42.7 Å². The van der Waals surface area contributed by atoms with Gasteiger partial charge in [0.1, 0.15) is 12.6 Å². The van der Waals surface area contributed by atoms with E-state index in [-0.39, 0.29) is 36.2 Å². The predicted octanol–water partition coefficient (Wildman–Crippen LogP) is 2.02. The van der Waals surface area contributed by atoms with E-state index in [1.807, 2.05) is 35.0 Å². The number of aryl methyl sites for hydroxylation is 1. The number of aromatic nitrogens is 2. The van der Waals surface area contributed by atoms with Gasteiger partial charge in [0, 0.05) is 45.5 Å². The average Bonchev–Trinajstić information content (AvgIpc) is 3.30. The van der Waals surface area contributed by atoms with Gasteiger partial charge in [0.05, 0.1) is 0 Å². The molecule has 0 aliphatic carbocycles. The van der Waals surface area contributed by atoms with Gasteiger partial charge < -0.3 is 15.1 Å². The molecule has 3 amide bonds. The molecular weight excluding hydrogens is 418 g/mol. The fourth-order valence-corrected chi connectivity index (χ4v) is 4.66. The summed E-state index contributed by atoms with van der Waals surface area (Å²) in [5.74, 6) is 0.0370. The fraction of sp³-hybridized carbons (Fsp3) is 0.520. The van der Waals surface area contributed by atoms with Gasteiger partial charge in [-0.05, 0) is 56.2 Å². The average molecular weight is 454 g/mol. The number of carbonyl (C=O) groups is 3. The van der Waals surface area contributed by atoms with Gasteiger partial charge in [-0.2, -0.15) is 5.10 Å². The maximum absolute atomic E-state index is 13.1. The minimum absolute atomic E-state index is 0.0232. The fourth-order valence-electron chi connectivity index (χ4n) is 4.66. The van der Waals surface area contributed by atoms with Crippen LogP contribution in [0.1, 0.15) is 37.8 Å². The highest BCUT2D eigenvalue weighted by Gasteiger charge is 2.34. The molecule has 8 nitrogen and oxygen atoms in total. The molecule has 1 aromatic heterocycles. The van der Waals surface area contributed by atoms with Crippen molar-refractivity contribution in [1.82, 2.24) is 24.9 Å². The first-order valence-electron chi connectivity index (χ1n) is 11.6. The molecule has 0 unspecified atom stereocenters. The topological polar surface area (TPSA) is 87.5 Å². The highest BCUT2D eigenvalue weighted by molar-refractivity contribution is 5.86. The monoisotopic (exact) mass is 453 g/mol. The predicted molar refractivity (Wildman–Crippen MR) is 126 cm³/mol. The van der Waals surface area contributed by atoms with E-state index in [2.05, 4.69) is 29.5 Å². The number of hydrogen-bond donors (Lipinski definition) is 1. The van der Waals surface area contributed by atoms with Crippen molar-refractivity contribution >= 4 is 17.7 Å². The lowest BCUT2D eigenvalue weighted by Gasteiger charge is -2.41. The molecule has 1 saturated heterocycles. The molecule has 1 aliphatic rings. The summed E-state index contributed by atoms with van der Waals surface area (Å²) in [5.41, 5.74) is 2.45. The Labute approximate surface area is 195 Å². The van der Waals surface area contributed by atoms with Crippen LogP contribution in [-0.2, 0) is 27.3 Å². The van der Waals surface area contributed by atoms with Crippen LogP contribution in [-0.4, -0.2) is 69.5 Å². The molecule has 0 bridgehead atoms. The molecule has 2 heterocycles. The molecule has 33 heavy (non-hydrogen) atoms. The first kappa shape index (κ1) is 24.5. The summed E-state index contributed by atoms with van der Waals surface area (Å²) in [7, 11) is 1.88. The van der Waals surface area contributed by atoms with E-state index < -0.39 is 6.04 Å². The Morgan fingerprint density at radius 2 is 1.88 bits per heavy atom. The summed E-state index contributed by atoms with van der Waals surface area (Å²) in [6.45, 7) is 6.69. The third-order valence-corrected chi connectivity index (χ3v) is 6.62. The largest absolute Gasteiger partial charge is 0.345 e. The number of rotatable bonds is 8. The van der Waals surface area contributed by atoms with E-state index in [9.17, 15) is 14.4 Å². The number of likely N-dealkylation sites (tertiary alicyclic amines) is 1. The van der Waals surface area contributed by atoms with Gasteiger partial charge in [-0.3, -0.25) is 19.1 Å². The van der Waals surface area contributed by atoms with Crippen molar-refractivity contribution in [3.63, 3.8) is 0 Å². The third-order valence-electron chi connectivity index (χ3n) is 6.62. The minimum atomic E-state index is -0.528. The molecular formula is C25H35N5O3. The quantitative estimate of drug-likeness (QED) is 0.663. The van der Waals surface area contributed by atoms with Crippen LogP contribution in [0.4, 0.5) is 0 Å². The molecule has 178 valence electrons. The molecule has 8 heteroatoms. The normalized spacial score (nSPS) is 16.2. The molecule has 1 N–H and O–H groups in total. The van der Waals surface area contributed by atoms with Crippen molar-refractivity contribution in [2.24, 2.45) is 5.92 Å². The second-order valence-corrected chi connectivity index (χ2v) is 8.99. The van der Waals surface area contributed by atoms with Crippen molar-refractivity contribution in [1.29, 1.82) is 0 Å². The number of likely N-dealkylation sites (N-methyl/N-ethyl adjacent to an activating group) is 1. The van der Waals surface area contributed by atoms with Crippen LogP contribution in [0, 0.1) is 12.8 Å². The lowest BCUT2D eigenvalue weighted by atomic mass is 9.84. The molecule has 1 aromatic carbocycles. The molecule has 0 radical (unpaired) electrons. The number of hydrogen-bond acceptors (Lipinski definition) is 4. The number of nitrogens with one attached hydrogen (secondary N) is 1. The number of nitrogens with zero attached hydrogens (tertiary/aromatic N) is 4. The van der Waals surface area contributed by atoms with Gasteiger partial charge in [-0.15, -0.1) is 0 Å². The highest BCUT2D eigenvalue weighted by Crippen LogP contribution is 2.28. The Balaban J connectivity index is 1.71. The molecule has 3 rings (SSSR count). The summed E-state index contributed by atoms with van der Waals surface area (Å²) in [6.07, 6.45) is 5.87. The van der Waals surface area contributed by atoms with E-state index in [1.165, 1.54) is 18.1 Å². The van der Waals surface area contributed by atoms with E-state index in [0.29, 0.717) is 13.1 Å². The number of amides is 3. The molecule has 0 saturated carbocycles. The zero-order valence-electron chi connectivity index (χ0n) is 20.0. The zero-order valence-corrected chi connectivity index (χ0v) is 20.0. The summed E-state index contributed by atoms with van der Waals surface area (Å²) >= 11 is 0. The third kappa shape index (κ3) is 6.43. The van der Waals surface area contributed by atoms with Gasteiger partial charge in [0.25, 0.3) is 0 Å². The zero-order chi connectivity index (χ0) is 24.0. The second-order valence-electron chi connectivity index (χ2n) is 8.99. The number of piperidine rings is 1. The Morgan fingerprint density at radius 1 is 1.18 bits per heavy atom. The molecule has 2 aromatic rings. The van der Waals surface area contributed by atoms with Gasteiger partial charge in [0.15, 0.2) is 0 Å². The van der Waals surface area contributed by atoms with Crippen molar-refractivity contribution in [2.75, 3.05) is 20.1 Å². The summed E-state index contributed by atoms with van der Waals surface area (Å²) in [5, 5.41) is 6.85. The van der Waals surface area contributed by atoms with Crippen molar-refractivity contribution in [3.05, 3.63) is 53.9 Å². The first-order valence-corrected chi connectivity index (χ1v) is 11.6. The first-order chi connectivity index (χ1) is 15.8. The van der Waals surface area contributed by atoms with Crippen molar-refractivity contribution in [3.8, 4) is 0 Å². The van der Waals surface area contributed by atoms with Crippen LogP contribution in [0.3, 0.4) is 0 Å². The number of carbonyl (C=O) groups excluding carboxylic acids is 3. The maximum Gasteiger partial charge on any atom is 0.244 e. The van der Waals surface area contributed by atoms with Crippen LogP contribution in [0.2, 0.25) is 0 Å². The number of benzene rings is 1. The Bertz CT molecular complexity index is 951. The second kappa shape index (κ2) is 11.1. The standard InChI is InChI=1S/C25H35N5O3/c1-18-8-5-6-9-22(18)16-23(28(4)24(32)17-30-13-7-12-26-30)21-10-14-29(15-11-21)25(33)19(2)27-20(3)31/h5-9,12-13,19,21,23H,10-11,14-17H2,1-4H3,(H,27,31)/t19-,23+/m0/s1. The van der Waals surface area contributed by atoms with Gasteiger partial charge in [-0.1, -0.05) is 24.3 Å². The molecule has 1 aliphatic heterocycles. The van der Waals surface area contributed by atoms with Crippen LogP contribution in [0.25, 0.3) is 0 Å². The lowest BCUT2D eigenvalue weighted by molar-refractivity contribution is -0.138. The van der Waals surface area contributed by atoms with Gasteiger partial charge >= 0.3 is 0 Å². The van der Waals surface area contributed by atoms with Crippen LogP contribution >= 0.6 is 0 Å². The smallest absolute Gasteiger partial charge is 0.244 e. The Kier molecular flexibility index (Phi) is 8.25. The van der Waals surface area contributed by atoms with Crippen LogP contribution < -0.4 is 5.32 Å². The molecule has 1 fully saturated rings. The van der Waals surface area contributed by atoms with Crippen LogP contribution in [0.5, 0.6) is 0 Å². The SMILES string of the molecule is CC(=O)N[C@@H](C)C(=O)N1CCC([C@@H](Cc2ccccc2C)N(C)C(=O)Cn2cccn2)CC1. The van der Waals surface area contributed by atoms with E-state index in [4.69, 9.17) is 0 Å². The Morgan fingerprint density at radius 3 is 2.48 bits per heavy atom. The van der Waals surface area contributed by atoms with E-state index in [0.717, 1.165) is 19.3 Å². The van der Waals surface area contributed by atoms with Gasteiger partial charge in [0.2, 0.25) is 17.7 Å². The van der Waals surface area contributed by atoms with E-state index in [1.54, 1.807) is 24.0 Å². The summed E-state index contributed by atoms with van der Waals surface area (Å²) in [4.78, 5) is 40.8. The molecule has 2 atom stereocenters. The lowest BCUT2D eigenvalue weighted by Crippen LogP contribution is -2.52. The summed E-state index contributed by atoms with van der Waals surface area (Å²) in [6, 6.07) is 9.60. The molecule has 0 spiro atoms. The highest BCUT2D eigenvalue weighted by atomic mass is 16.2. The van der Waals surface area contributed by atoms with Gasteiger partial charge in [-0.25, -0.2) is 0 Å². The summed E-state index contributed by atoms with van der Waals surface area (Å²) < 4.78 is 1.65. The maximum atomic E-state index is 13.1. The van der Waals surface area contributed by atoms with Crippen molar-refractivity contribution < 1.29 is 14.4 Å². The van der Waals surface area contributed by atoms with E-state index >= 15 is 0 Å².